The Bertz CT molecular complexity index is 954. The first-order valence-corrected chi connectivity index (χ1v) is 10.7. The summed E-state index contributed by atoms with van der Waals surface area (Å²) in [7, 11) is 1.48. The summed E-state index contributed by atoms with van der Waals surface area (Å²) < 4.78 is 25.0. The van der Waals surface area contributed by atoms with Gasteiger partial charge in [0.2, 0.25) is 0 Å². The molecule has 2 unspecified atom stereocenters. The van der Waals surface area contributed by atoms with Gasteiger partial charge in [-0.05, 0) is 40.8 Å². The quantitative estimate of drug-likeness (QED) is 0.381. The van der Waals surface area contributed by atoms with Crippen LogP contribution in [0.4, 0.5) is 4.39 Å². The lowest BCUT2D eigenvalue weighted by atomic mass is 9.88. The highest BCUT2D eigenvalue weighted by Gasteiger charge is 2.22. The lowest BCUT2D eigenvalue weighted by Gasteiger charge is -2.22. The summed E-state index contributed by atoms with van der Waals surface area (Å²) in [4.78, 5) is 10.8. The number of hydrogen-bond donors (Lipinski definition) is 4. The van der Waals surface area contributed by atoms with E-state index in [2.05, 4.69) is 0 Å². The molecular weight excluding hydrogens is 431 g/mol. The fourth-order valence-electron chi connectivity index (χ4n) is 3.55. The average Bonchev–Trinajstić information content (AvgIpc) is 2.75. The van der Waals surface area contributed by atoms with Crippen molar-refractivity contribution in [3.63, 3.8) is 0 Å². The molecule has 0 saturated carbocycles. The van der Waals surface area contributed by atoms with E-state index in [0.717, 1.165) is 5.56 Å². The maximum atomic E-state index is 13.6. The first-order chi connectivity index (χ1) is 15.7. The van der Waals surface area contributed by atoms with Gasteiger partial charge in [0, 0.05) is 12.0 Å². The van der Waals surface area contributed by atoms with E-state index in [1.165, 1.54) is 25.3 Å². The third-order valence-electron chi connectivity index (χ3n) is 5.03. The minimum Gasteiger partial charge on any atom is -0.492 e. The van der Waals surface area contributed by atoms with Gasteiger partial charge >= 0.3 is 5.97 Å². The number of carboxylic acids is 1. The molecule has 180 valence electrons. The Morgan fingerprint density at radius 2 is 1.85 bits per heavy atom. The van der Waals surface area contributed by atoms with Crippen molar-refractivity contribution in [2.24, 2.45) is 0 Å². The Labute approximate surface area is 192 Å². The summed E-state index contributed by atoms with van der Waals surface area (Å²) in [5.41, 5.74) is 2.84. The van der Waals surface area contributed by atoms with Crippen LogP contribution >= 0.6 is 0 Å². The molecule has 2 aromatic rings. The Balaban J connectivity index is 2.63. The number of hydrogen-bond acceptors (Lipinski definition) is 6. The fourth-order valence-corrected chi connectivity index (χ4v) is 3.55. The van der Waals surface area contributed by atoms with E-state index >= 15 is 0 Å². The lowest BCUT2D eigenvalue weighted by Crippen LogP contribution is -2.19. The summed E-state index contributed by atoms with van der Waals surface area (Å²) in [6.45, 7) is 3.84. The third-order valence-corrected chi connectivity index (χ3v) is 5.03. The summed E-state index contributed by atoms with van der Waals surface area (Å²) >= 11 is 0. The summed E-state index contributed by atoms with van der Waals surface area (Å²) in [5, 5.41) is 38.2. The molecule has 0 saturated heterocycles. The number of carboxylic acid groups (broad SMARTS) is 1. The molecule has 8 heteroatoms. The molecular formula is C25H31FO7. The van der Waals surface area contributed by atoms with Crippen LogP contribution in [-0.2, 0) is 4.79 Å². The molecule has 4 N–H and O–H groups in total. The summed E-state index contributed by atoms with van der Waals surface area (Å²) in [6.07, 6.45) is 0.287. The summed E-state index contributed by atoms with van der Waals surface area (Å²) in [5.74, 6) is -0.707. The van der Waals surface area contributed by atoms with Gasteiger partial charge in [-0.15, -0.1) is 0 Å². The Morgan fingerprint density at radius 3 is 2.39 bits per heavy atom. The number of aliphatic carboxylic acids is 1. The van der Waals surface area contributed by atoms with Gasteiger partial charge in [-0.3, -0.25) is 4.79 Å². The molecule has 0 aliphatic heterocycles. The normalized spacial score (nSPS) is 13.3. The molecule has 2 rings (SSSR count). The molecule has 0 heterocycles. The Kier molecular flexibility index (Phi) is 9.84. The van der Waals surface area contributed by atoms with Crippen molar-refractivity contribution in [3.8, 4) is 22.6 Å². The van der Waals surface area contributed by atoms with Crippen molar-refractivity contribution >= 4 is 12.0 Å². The zero-order valence-electron chi connectivity index (χ0n) is 19.0. The number of rotatable bonds is 12. The topological polar surface area (TPSA) is 116 Å². The maximum absolute atomic E-state index is 13.6. The van der Waals surface area contributed by atoms with Crippen LogP contribution in [0, 0.1) is 5.82 Å². The van der Waals surface area contributed by atoms with Gasteiger partial charge in [-0.1, -0.05) is 38.1 Å². The number of methoxy groups -OCH3 is 1. The highest BCUT2D eigenvalue weighted by Crippen LogP contribution is 2.45. The van der Waals surface area contributed by atoms with Crippen LogP contribution in [0.2, 0.25) is 0 Å². The van der Waals surface area contributed by atoms with Crippen LogP contribution in [0.1, 0.15) is 43.7 Å². The molecule has 2 aromatic carbocycles. The zero-order chi connectivity index (χ0) is 24.5. The highest BCUT2D eigenvalue weighted by atomic mass is 19.1. The number of ether oxygens (including phenoxy) is 2. The molecule has 0 spiro atoms. The SMILES string of the molecule is COc1c(OCCO)cc(C(C)C)c(/C=C/C(O)CC(O)CC(=O)O)c1-c1ccc(F)cc1. The number of halogens is 1. The van der Waals surface area contributed by atoms with Crippen LogP contribution < -0.4 is 9.47 Å². The second-order valence-corrected chi connectivity index (χ2v) is 7.93. The van der Waals surface area contributed by atoms with Crippen molar-refractivity contribution in [1.82, 2.24) is 0 Å². The van der Waals surface area contributed by atoms with Crippen LogP contribution in [-0.4, -0.2) is 58.9 Å². The van der Waals surface area contributed by atoms with Gasteiger partial charge in [-0.25, -0.2) is 4.39 Å². The van der Waals surface area contributed by atoms with Gasteiger partial charge in [0.1, 0.15) is 12.4 Å². The predicted octanol–water partition coefficient (Wildman–Crippen LogP) is 3.60. The number of aliphatic hydroxyl groups excluding tert-OH is 3. The molecule has 0 bridgehead atoms. The Hall–Kier alpha value is -2.94. The van der Waals surface area contributed by atoms with Crippen LogP contribution in [0.3, 0.4) is 0 Å². The monoisotopic (exact) mass is 462 g/mol. The molecule has 0 aromatic heterocycles. The minimum absolute atomic E-state index is 0.0287. The van der Waals surface area contributed by atoms with Crippen LogP contribution in [0.5, 0.6) is 11.5 Å². The van der Waals surface area contributed by atoms with Crippen LogP contribution in [0.15, 0.2) is 36.4 Å². The Morgan fingerprint density at radius 1 is 1.18 bits per heavy atom. The van der Waals surface area contributed by atoms with E-state index in [0.29, 0.717) is 28.2 Å². The van der Waals surface area contributed by atoms with E-state index in [1.807, 2.05) is 13.8 Å². The zero-order valence-corrected chi connectivity index (χ0v) is 19.0. The van der Waals surface area contributed by atoms with Crippen molar-refractivity contribution in [3.05, 3.63) is 53.4 Å². The number of benzene rings is 2. The van der Waals surface area contributed by atoms with E-state index in [1.54, 1.807) is 24.3 Å². The van der Waals surface area contributed by atoms with Gasteiger partial charge < -0.3 is 29.9 Å². The summed E-state index contributed by atoms with van der Waals surface area (Å²) in [6, 6.07) is 7.68. The third kappa shape index (κ3) is 7.28. The standard InChI is InChI=1S/C25H31FO7/c1-15(2)21-14-22(33-11-10-27)25(32-3)24(16-4-6-17(26)7-5-16)20(21)9-8-18(28)12-19(29)13-23(30)31/h4-9,14-15,18-19,27-29H,10-13H2,1-3H3,(H,30,31)/b9-8+. The molecule has 33 heavy (non-hydrogen) atoms. The maximum Gasteiger partial charge on any atom is 0.305 e. The predicted molar refractivity (Wildman–Crippen MR) is 123 cm³/mol. The van der Waals surface area contributed by atoms with E-state index in [4.69, 9.17) is 14.6 Å². The average molecular weight is 463 g/mol. The smallest absolute Gasteiger partial charge is 0.305 e. The minimum atomic E-state index is -1.19. The number of carbonyl (C=O) groups is 1. The fraction of sp³-hybridized carbons (Fsp3) is 0.400. The van der Waals surface area contributed by atoms with Crippen LogP contribution in [0.25, 0.3) is 17.2 Å². The second kappa shape index (κ2) is 12.3. The molecule has 0 aliphatic rings. The molecule has 0 radical (unpaired) electrons. The second-order valence-electron chi connectivity index (χ2n) is 7.93. The van der Waals surface area contributed by atoms with Gasteiger partial charge in [-0.2, -0.15) is 0 Å². The van der Waals surface area contributed by atoms with Crippen molar-refractivity contribution in [2.75, 3.05) is 20.3 Å². The van der Waals surface area contributed by atoms with E-state index in [-0.39, 0.29) is 25.6 Å². The molecule has 0 fully saturated rings. The van der Waals surface area contributed by atoms with Gasteiger partial charge in [0.05, 0.1) is 32.3 Å². The molecule has 0 aliphatic carbocycles. The lowest BCUT2D eigenvalue weighted by molar-refractivity contribution is -0.139. The largest absolute Gasteiger partial charge is 0.492 e. The van der Waals surface area contributed by atoms with Gasteiger partial charge in [0.25, 0.3) is 0 Å². The van der Waals surface area contributed by atoms with Crippen molar-refractivity contribution in [2.45, 2.75) is 44.8 Å². The number of aliphatic hydroxyl groups is 3. The van der Waals surface area contributed by atoms with Gasteiger partial charge in [0.15, 0.2) is 11.5 Å². The highest BCUT2D eigenvalue weighted by molar-refractivity contribution is 5.85. The molecule has 2 atom stereocenters. The van der Waals surface area contributed by atoms with E-state index < -0.39 is 30.4 Å². The van der Waals surface area contributed by atoms with Crippen molar-refractivity contribution in [1.29, 1.82) is 0 Å². The van der Waals surface area contributed by atoms with E-state index in [9.17, 15) is 24.5 Å². The molecule has 0 amide bonds. The van der Waals surface area contributed by atoms with Crippen molar-refractivity contribution < 1.29 is 39.1 Å². The molecule has 7 nitrogen and oxygen atoms in total. The first kappa shape index (κ1) is 26.3. The first-order valence-electron chi connectivity index (χ1n) is 10.7.